The first-order chi connectivity index (χ1) is 17.4. The maximum atomic E-state index is 11.8. The number of carbonyl (C=O) groups excluding carboxylic acids is 1. The molecule has 17 heteroatoms. The SMILES string of the molecule is CC(=O)N[C@@H]1[C@@H](OC[C@@H]2O[C@H](O)[C@@H](O)[C@H](O)[C@H]2O)O[C@@H](CO)[C@H](O[C@H]2O[C@@H](CO)[C@H](O)[C@@H](O)[C@@H]2O)[C@H]1O. The van der Waals surface area contributed by atoms with E-state index in [-0.39, 0.29) is 0 Å². The molecule has 0 radical (unpaired) electrons. The van der Waals surface area contributed by atoms with Crippen molar-refractivity contribution in [1.82, 2.24) is 5.32 Å². The van der Waals surface area contributed by atoms with Crippen LogP contribution in [0.1, 0.15) is 6.92 Å². The van der Waals surface area contributed by atoms with Crippen LogP contribution in [0.3, 0.4) is 0 Å². The zero-order valence-corrected chi connectivity index (χ0v) is 19.7. The molecule has 3 aliphatic rings. The van der Waals surface area contributed by atoms with Gasteiger partial charge in [0, 0.05) is 6.92 Å². The summed E-state index contributed by atoms with van der Waals surface area (Å²) in [5.41, 5.74) is 0. The third-order valence-electron chi connectivity index (χ3n) is 6.47. The van der Waals surface area contributed by atoms with E-state index in [1.54, 1.807) is 0 Å². The first-order valence-electron chi connectivity index (χ1n) is 11.6. The van der Waals surface area contributed by atoms with Crippen LogP contribution in [0.4, 0.5) is 0 Å². The first kappa shape index (κ1) is 30.4. The zero-order chi connectivity index (χ0) is 27.6. The molecular weight excluding hydrogens is 510 g/mol. The molecule has 0 aromatic heterocycles. The maximum absolute atomic E-state index is 11.8. The molecule has 0 aliphatic carbocycles. The van der Waals surface area contributed by atoms with E-state index < -0.39 is 118 Å². The Kier molecular flexibility index (Phi) is 10.5. The third-order valence-corrected chi connectivity index (χ3v) is 6.47. The molecule has 15 atom stereocenters. The van der Waals surface area contributed by atoms with E-state index in [0.717, 1.165) is 6.92 Å². The normalized spacial score (nSPS) is 49.0. The summed E-state index contributed by atoms with van der Waals surface area (Å²) >= 11 is 0. The van der Waals surface area contributed by atoms with Gasteiger partial charge in [-0.3, -0.25) is 4.79 Å². The van der Waals surface area contributed by atoms with Crippen molar-refractivity contribution in [3.05, 3.63) is 0 Å². The number of rotatable bonds is 8. The molecule has 1 amide bonds. The van der Waals surface area contributed by atoms with E-state index in [2.05, 4.69) is 5.32 Å². The Morgan fingerprint density at radius 3 is 1.86 bits per heavy atom. The van der Waals surface area contributed by atoms with Gasteiger partial charge < -0.3 is 80.1 Å². The van der Waals surface area contributed by atoms with Gasteiger partial charge in [0.05, 0.1) is 19.8 Å². The quantitative estimate of drug-likeness (QED) is 0.135. The average Bonchev–Trinajstić information content (AvgIpc) is 2.86. The summed E-state index contributed by atoms with van der Waals surface area (Å²) in [6.07, 6.45) is -22.7. The standard InChI is InChI=1S/C20H35NO16/c1-5(24)21-9-12(27)17(37-20-16(31)14(29)10(25)6(2-22)35-20)7(3-23)36-19(9)33-4-8-11(26)13(28)15(30)18(32)34-8/h6-20,22-23,25-32H,2-4H2,1H3,(H,21,24)/t6-,7-,8-,9-,10-,11-,12-,13+,14+,15-,16-,17-,18-,19-,20+/m0/s1. The van der Waals surface area contributed by atoms with Crippen LogP contribution < -0.4 is 5.32 Å². The van der Waals surface area contributed by atoms with Crippen molar-refractivity contribution < 1.29 is 79.5 Å². The second-order valence-electron chi connectivity index (χ2n) is 9.11. The molecule has 3 fully saturated rings. The van der Waals surface area contributed by atoms with Crippen molar-refractivity contribution in [2.45, 2.75) is 99.0 Å². The average molecular weight is 545 g/mol. The van der Waals surface area contributed by atoms with Crippen LogP contribution in [0, 0.1) is 0 Å². The highest BCUT2D eigenvalue weighted by molar-refractivity contribution is 5.73. The molecule has 0 aromatic carbocycles. The van der Waals surface area contributed by atoms with Crippen LogP contribution in [-0.4, -0.2) is 169 Å². The van der Waals surface area contributed by atoms with Gasteiger partial charge in [-0.2, -0.15) is 0 Å². The fourth-order valence-electron chi connectivity index (χ4n) is 4.36. The lowest BCUT2D eigenvalue weighted by Crippen LogP contribution is -2.68. The summed E-state index contributed by atoms with van der Waals surface area (Å²) in [6, 6.07) is -1.38. The van der Waals surface area contributed by atoms with Gasteiger partial charge in [-0.1, -0.05) is 0 Å². The van der Waals surface area contributed by atoms with Crippen molar-refractivity contribution in [2.24, 2.45) is 0 Å². The summed E-state index contributed by atoms with van der Waals surface area (Å²) in [6.45, 7) is -0.959. The molecule has 3 heterocycles. The lowest BCUT2D eigenvalue weighted by atomic mass is 9.95. The van der Waals surface area contributed by atoms with Crippen LogP contribution in [-0.2, 0) is 28.5 Å². The van der Waals surface area contributed by atoms with Crippen molar-refractivity contribution in [3.63, 3.8) is 0 Å². The van der Waals surface area contributed by atoms with Gasteiger partial charge in [-0.25, -0.2) is 0 Å². The smallest absolute Gasteiger partial charge is 0.217 e. The van der Waals surface area contributed by atoms with Gasteiger partial charge >= 0.3 is 0 Å². The number of carbonyl (C=O) groups is 1. The van der Waals surface area contributed by atoms with Crippen LogP contribution in [0.15, 0.2) is 0 Å². The van der Waals surface area contributed by atoms with Gasteiger partial charge in [-0.05, 0) is 0 Å². The van der Waals surface area contributed by atoms with Crippen LogP contribution in [0.25, 0.3) is 0 Å². The Bertz CT molecular complexity index is 745. The number of hydrogen-bond donors (Lipinski definition) is 11. The number of nitrogens with one attached hydrogen (secondary N) is 1. The molecule has 3 rings (SSSR count). The van der Waals surface area contributed by atoms with Crippen molar-refractivity contribution >= 4 is 5.91 Å². The Morgan fingerprint density at radius 2 is 1.27 bits per heavy atom. The second-order valence-corrected chi connectivity index (χ2v) is 9.11. The minimum atomic E-state index is -1.84. The highest BCUT2D eigenvalue weighted by Gasteiger charge is 2.52. The molecule has 3 aliphatic heterocycles. The lowest BCUT2D eigenvalue weighted by molar-refractivity contribution is -0.352. The van der Waals surface area contributed by atoms with Crippen LogP contribution in [0.5, 0.6) is 0 Å². The number of ether oxygens (including phenoxy) is 5. The Morgan fingerprint density at radius 1 is 0.703 bits per heavy atom. The summed E-state index contributed by atoms with van der Waals surface area (Å²) in [7, 11) is 0. The molecular formula is C20H35NO16. The third kappa shape index (κ3) is 6.55. The van der Waals surface area contributed by atoms with Gasteiger partial charge in [0.2, 0.25) is 5.91 Å². The van der Waals surface area contributed by atoms with E-state index in [1.807, 2.05) is 0 Å². The van der Waals surface area contributed by atoms with Crippen molar-refractivity contribution in [1.29, 1.82) is 0 Å². The summed E-state index contributed by atoms with van der Waals surface area (Å²) in [4.78, 5) is 11.8. The predicted octanol–water partition coefficient (Wildman–Crippen LogP) is -7.43. The minimum absolute atomic E-state index is 0.564. The number of aliphatic hydroxyl groups excluding tert-OH is 10. The van der Waals surface area contributed by atoms with E-state index in [1.165, 1.54) is 0 Å². The summed E-state index contributed by atoms with van der Waals surface area (Å²) in [5.74, 6) is -0.641. The van der Waals surface area contributed by atoms with Crippen molar-refractivity contribution in [2.75, 3.05) is 19.8 Å². The van der Waals surface area contributed by atoms with Gasteiger partial charge in [0.1, 0.15) is 73.2 Å². The maximum Gasteiger partial charge on any atom is 0.217 e. The molecule has 37 heavy (non-hydrogen) atoms. The minimum Gasteiger partial charge on any atom is -0.394 e. The zero-order valence-electron chi connectivity index (χ0n) is 19.7. The van der Waals surface area contributed by atoms with E-state index in [9.17, 15) is 55.9 Å². The number of amides is 1. The van der Waals surface area contributed by atoms with Gasteiger partial charge in [-0.15, -0.1) is 0 Å². The lowest BCUT2D eigenvalue weighted by Gasteiger charge is -2.47. The molecule has 0 bridgehead atoms. The Hall–Kier alpha value is -1.13. The Balaban J connectivity index is 1.74. The van der Waals surface area contributed by atoms with Crippen LogP contribution in [0.2, 0.25) is 0 Å². The highest BCUT2D eigenvalue weighted by atomic mass is 16.7. The first-order valence-corrected chi connectivity index (χ1v) is 11.6. The summed E-state index contributed by atoms with van der Waals surface area (Å²) < 4.78 is 27.0. The van der Waals surface area contributed by atoms with Crippen molar-refractivity contribution in [3.8, 4) is 0 Å². The largest absolute Gasteiger partial charge is 0.394 e. The highest BCUT2D eigenvalue weighted by Crippen LogP contribution is 2.30. The fraction of sp³-hybridized carbons (Fsp3) is 0.950. The monoisotopic (exact) mass is 545 g/mol. The molecule has 0 saturated carbocycles. The van der Waals surface area contributed by atoms with E-state index >= 15 is 0 Å². The van der Waals surface area contributed by atoms with E-state index in [0.29, 0.717) is 0 Å². The predicted molar refractivity (Wildman–Crippen MR) is 113 cm³/mol. The molecule has 11 N–H and O–H groups in total. The fourth-order valence-corrected chi connectivity index (χ4v) is 4.36. The molecule has 0 unspecified atom stereocenters. The second kappa shape index (κ2) is 12.8. The molecule has 0 aromatic rings. The summed E-state index contributed by atoms with van der Waals surface area (Å²) in [5, 5.41) is 102. The Labute approximate surface area is 210 Å². The van der Waals surface area contributed by atoms with E-state index in [4.69, 9.17) is 23.7 Å². The molecule has 0 spiro atoms. The molecule has 216 valence electrons. The van der Waals surface area contributed by atoms with Gasteiger partial charge in [0.25, 0.3) is 0 Å². The molecule has 3 saturated heterocycles. The number of hydrogen-bond acceptors (Lipinski definition) is 16. The molecule has 17 nitrogen and oxygen atoms in total. The number of aliphatic hydroxyl groups is 10. The van der Waals surface area contributed by atoms with Crippen LogP contribution >= 0.6 is 0 Å². The topological polar surface area (TPSA) is 278 Å². The van der Waals surface area contributed by atoms with Gasteiger partial charge in [0.15, 0.2) is 18.9 Å².